The normalized spacial score (nSPS) is 11.4. The van der Waals surface area contributed by atoms with Crippen LogP contribution in [0.15, 0.2) is 66.2 Å². The molecule has 110 valence electrons. The minimum absolute atomic E-state index is 0.174. The minimum atomic E-state index is 0.174. The third-order valence-electron chi connectivity index (χ3n) is 2.96. The molecule has 1 N–H and O–H groups in total. The van der Waals surface area contributed by atoms with Gasteiger partial charge in [-0.3, -0.25) is 4.98 Å². The number of phenols is 1. The third kappa shape index (κ3) is 3.06. The summed E-state index contributed by atoms with van der Waals surface area (Å²) in [5.41, 5.74) is 1.88. The van der Waals surface area contributed by atoms with E-state index in [9.17, 15) is 5.11 Å². The number of pyridine rings is 1. The Hall–Kier alpha value is -1.31. The predicted molar refractivity (Wildman–Crippen MR) is 97.1 cm³/mol. The van der Waals surface area contributed by atoms with E-state index >= 15 is 0 Å². The Labute approximate surface area is 151 Å². The third-order valence-corrected chi connectivity index (χ3v) is 4.63. The van der Waals surface area contributed by atoms with Gasteiger partial charge in [-0.1, -0.05) is 15.9 Å². The summed E-state index contributed by atoms with van der Waals surface area (Å²) < 4.78 is 2.56. The number of hydrogen-bond donors (Lipinski definition) is 1. The first kappa shape index (κ1) is 15.6. The number of azo groups is 1. The highest BCUT2D eigenvalue weighted by Crippen LogP contribution is 2.38. The van der Waals surface area contributed by atoms with Gasteiger partial charge in [0.25, 0.3) is 0 Å². The van der Waals surface area contributed by atoms with Crippen LogP contribution in [0.25, 0.3) is 10.9 Å². The fraction of sp³-hybridized carbons (Fsp3) is 0. The lowest BCUT2D eigenvalue weighted by molar-refractivity contribution is 0.481. The molecular weight excluding hydrogens is 478 g/mol. The molecule has 1 heterocycles. The molecule has 0 aliphatic carbocycles. The molecule has 4 nitrogen and oxygen atoms in total. The lowest BCUT2D eigenvalue weighted by Crippen LogP contribution is -1.79. The van der Waals surface area contributed by atoms with Crippen LogP contribution in [-0.4, -0.2) is 10.1 Å². The van der Waals surface area contributed by atoms with E-state index in [1.807, 2.05) is 12.1 Å². The first-order chi connectivity index (χ1) is 10.6. The van der Waals surface area contributed by atoms with Crippen LogP contribution >= 0.6 is 47.8 Å². The highest BCUT2D eigenvalue weighted by Gasteiger charge is 2.08. The summed E-state index contributed by atoms with van der Waals surface area (Å²) in [6.07, 6.45) is 1.66. The first-order valence-corrected chi connectivity index (χ1v) is 8.57. The Kier molecular flexibility index (Phi) is 4.56. The topological polar surface area (TPSA) is 57.8 Å². The second-order valence-electron chi connectivity index (χ2n) is 4.42. The number of benzene rings is 2. The molecule has 0 amide bonds. The molecule has 0 aliphatic rings. The Balaban J connectivity index is 2.09. The Bertz CT molecular complexity index is 873. The average molecular weight is 486 g/mol. The maximum absolute atomic E-state index is 9.87. The number of halogens is 3. The number of aromatic hydroxyl groups is 1. The monoisotopic (exact) mass is 483 g/mol. The van der Waals surface area contributed by atoms with Crippen LogP contribution in [0.5, 0.6) is 5.75 Å². The fourth-order valence-corrected chi connectivity index (χ4v) is 4.37. The van der Waals surface area contributed by atoms with Crippen molar-refractivity contribution in [3.05, 3.63) is 56.0 Å². The SMILES string of the molecule is Oc1ccc(N=Nc2c(Br)cc(Br)cc2Br)c2ncccc12. The molecule has 3 rings (SSSR count). The molecule has 2 aromatic carbocycles. The van der Waals surface area contributed by atoms with E-state index in [2.05, 4.69) is 63.0 Å². The molecule has 3 aromatic rings. The highest BCUT2D eigenvalue weighted by molar-refractivity contribution is 9.11. The van der Waals surface area contributed by atoms with Gasteiger partial charge in [-0.25, -0.2) is 0 Å². The van der Waals surface area contributed by atoms with Gasteiger partial charge in [0.1, 0.15) is 22.6 Å². The summed E-state index contributed by atoms with van der Waals surface area (Å²) in [4.78, 5) is 4.27. The van der Waals surface area contributed by atoms with Crippen molar-refractivity contribution >= 4 is 70.1 Å². The molecule has 7 heteroatoms. The number of hydrogen-bond acceptors (Lipinski definition) is 4. The number of rotatable bonds is 2. The molecular formula is C15H8Br3N3O. The number of fused-ring (bicyclic) bond motifs is 1. The quantitative estimate of drug-likeness (QED) is 0.413. The Morgan fingerprint density at radius 2 is 1.68 bits per heavy atom. The van der Waals surface area contributed by atoms with Crippen LogP contribution in [0.1, 0.15) is 0 Å². The molecule has 0 fully saturated rings. The van der Waals surface area contributed by atoms with Gasteiger partial charge in [0, 0.05) is 25.0 Å². The van der Waals surface area contributed by atoms with E-state index in [-0.39, 0.29) is 5.75 Å². The van der Waals surface area contributed by atoms with Crippen molar-refractivity contribution in [2.75, 3.05) is 0 Å². The lowest BCUT2D eigenvalue weighted by Gasteiger charge is -2.04. The molecule has 0 radical (unpaired) electrons. The summed E-state index contributed by atoms with van der Waals surface area (Å²) in [5.74, 6) is 0.174. The standard InChI is InChI=1S/C15H8Br3N3O/c16-8-6-10(17)15(11(18)7-8)21-20-12-3-4-13(22)9-2-1-5-19-14(9)12/h1-7,22H. The lowest BCUT2D eigenvalue weighted by atomic mass is 10.2. The minimum Gasteiger partial charge on any atom is -0.507 e. The smallest absolute Gasteiger partial charge is 0.125 e. The average Bonchev–Trinajstić information content (AvgIpc) is 2.48. The Morgan fingerprint density at radius 3 is 2.41 bits per heavy atom. The second kappa shape index (κ2) is 6.44. The van der Waals surface area contributed by atoms with Crippen LogP contribution in [-0.2, 0) is 0 Å². The van der Waals surface area contributed by atoms with E-state index in [1.54, 1.807) is 30.5 Å². The highest BCUT2D eigenvalue weighted by atomic mass is 79.9. The molecule has 0 saturated heterocycles. The zero-order chi connectivity index (χ0) is 15.7. The van der Waals surface area contributed by atoms with Gasteiger partial charge in [-0.2, -0.15) is 0 Å². The van der Waals surface area contributed by atoms with E-state index in [1.165, 1.54) is 0 Å². The van der Waals surface area contributed by atoms with Gasteiger partial charge in [0.15, 0.2) is 0 Å². The molecule has 0 saturated carbocycles. The largest absolute Gasteiger partial charge is 0.507 e. The number of aromatic nitrogens is 1. The predicted octanol–water partition coefficient (Wildman–Crippen LogP) is 6.64. The van der Waals surface area contributed by atoms with Crippen molar-refractivity contribution in [2.24, 2.45) is 10.2 Å². The molecule has 22 heavy (non-hydrogen) atoms. The molecule has 0 aliphatic heterocycles. The zero-order valence-electron chi connectivity index (χ0n) is 11.0. The van der Waals surface area contributed by atoms with Crippen molar-refractivity contribution in [1.82, 2.24) is 4.98 Å². The molecule has 0 bridgehead atoms. The van der Waals surface area contributed by atoms with E-state index in [0.29, 0.717) is 22.3 Å². The number of nitrogens with zero attached hydrogens (tertiary/aromatic N) is 3. The molecule has 0 unspecified atom stereocenters. The number of phenolic OH excluding ortho intramolecular Hbond substituents is 1. The van der Waals surface area contributed by atoms with Crippen LogP contribution in [0.3, 0.4) is 0 Å². The second-order valence-corrected chi connectivity index (χ2v) is 7.05. The van der Waals surface area contributed by atoms with Crippen molar-refractivity contribution in [3.8, 4) is 5.75 Å². The Morgan fingerprint density at radius 1 is 0.955 bits per heavy atom. The summed E-state index contributed by atoms with van der Waals surface area (Å²) in [6, 6.07) is 10.6. The van der Waals surface area contributed by atoms with Crippen LogP contribution in [0, 0.1) is 0 Å². The van der Waals surface area contributed by atoms with E-state index in [4.69, 9.17) is 0 Å². The van der Waals surface area contributed by atoms with Gasteiger partial charge < -0.3 is 5.11 Å². The summed E-state index contributed by atoms with van der Waals surface area (Å²) in [6.45, 7) is 0. The maximum atomic E-state index is 9.87. The van der Waals surface area contributed by atoms with Crippen LogP contribution in [0.2, 0.25) is 0 Å². The van der Waals surface area contributed by atoms with Crippen LogP contribution < -0.4 is 0 Å². The van der Waals surface area contributed by atoms with E-state index in [0.717, 1.165) is 13.4 Å². The van der Waals surface area contributed by atoms with Gasteiger partial charge in [0.05, 0.1) is 0 Å². The molecule has 0 spiro atoms. The van der Waals surface area contributed by atoms with Crippen molar-refractivity contribution < 1.29 is 5.11 Å². The first-order valence-electron chi connectivity index (χ1n) is 6.19. The van der Waals surface area contributed by atoms with Crippen LogP contribution in [0.4, 0.5) is 11.4 Å². The van der Waals surface area contributed by atoms with Gasteiger partial charge in [-0.05, 0) is 68.3 Å². The summed E-state index contributed by atoms with van der Waals surface area (Å²) in [5, 5.41) is 19.1. The van der Waals surface area contributed by atoms with Gasteiger partial charge in [0.2, 0.25) is 0 Å². The zero-order valence-corrected chi connectivity index (χ0v) is 15.7. The maximum Gasteiger partial charge on any atom is 0.125 e. The molecule has 0 atom stereocenters. The fourth-order valence-electron chi connectivity index (χ4n) is 1.96. The molecule has 1 aromatic heterocycles. The van der Waals surface area contributed by atoms with Gasteiger partial charge >= 0.3 is 0 Å². The van der Waals surface area contributed by atoms with Crippen molar-refractivity contribution in [1.29, 1.82) is 0 Å². The van der Waals surface area contributed by atoms with E-state index < -0.39 is 0 Å². The van der Waals surface area contributed by atoms with Crippen molar-refractivity contribution in [3.63, 3.8) is 0 Å². The van der Waals surface area contributed by atoms with Gasteiger partial charge in [-0.15, -0.1) is 10.2 Å². The summed E-state index contributed by atoms with van der Waals surface area (Å²) >= 11 is 10.3. The summed E-state index contributed by atoms with van der Waals surface area (Å²) in [7, 11) is 0. The van der Waals surface area contributed by atoms with Crippen molar-refractivity contribution in [2.45, 2.75) is 0 Å².